The maximum atomic E-state index is 6.64. The van der Waals surface area contributed by atoms with Gasteiger partial charge in [0, 0.05) is 140 Å². The van der Waals surface area contributed by atoms with Crippen LogP contribution in [0.1, 0.15) is 0 Å². The van der Waals surface area contributed by atoms with Crippen LogP contribution < -0.4 is 0 Å². The van der Waals surface area contributed by atoms with Gasteiger partial charge in [-0.3, -0.25) is 9.13 Å². The molecule has 13 nitrogen and oxygen atoms in total. The quantitative estimate of drug-likeness (QED) is 0.117. The first-order valence-electron chi connectivity index (χ1n) is 49.2. The summed E-state index contributed by atoms with van der Waals surface area (Å²) < 4.78 is 21.0. The Morgan fingerprint density at radius 3 is 1.20 bits per heavy atom. The zero-order valence-electron chi connectivity index (χ0n) is 78.8. The van der Waals surface area contributed by atoms with Crippen molar-refractivity contribution in [2.75, 3.05) is 0 Å². The average Bonchev–Trinajstić information content (AvgIpc) is 1.56. The van der Waals surface area contributed by atoms with Crippen LogP contribution in [0, 0.1) is 0 Å². The van der Waals surface area contributed by atoms with Crippen LogP contribution in [0.5, 0.6) is 0 Å². The SMILES string of the molecule is c1ccc(-c2ccc3c4c5oc6ccccc6c5ccc4n(-c4nc(-c5ccc6ccccc6c5)nc(-c5ccc6ccccc6c5)n4)c3c2)cc1.c1ccc(-c2ccc3c4c5sc6ccccc6c5ccc4n(-c4nccc(-c5cccc6c5sc5ccccc56)n4)c3c2)cc1.c1ccc(-c2nc(-c3ccccc3)nc(-c3cccc(-n4c5ccccc5c5cc6c7ccccc7n(-c7ccccc7)c6cc54)c3)n2)cc1. The highest BCUT2D eigenvalue weighted by Gasteiger charge is 2.28. The first kappa shape index (κ1) is 84.5. The van der Waals surface area contributed by atoms with E-state index in [1.165, 1.54) is 106 Å². The summed E-state index contributed by atoms with van der Waals surface area (Å²) in [7, 11) is 0. The van der Waals surface area contributed by atoms with Gasteiger partial charge in [0.1, 0.15) is 11.2 Å². The maximum Gasteiger partial charge on any atom is 0.238 e. The molecule has 0 bridgehead atoms. The lowest BCUT2D eigenvalue weighted by Crippen LogP contribution is -2.06. The number of rotatable bonds is 12. The van der Waals surface area contributed by atoms with Gasteiger partial charge in [0.2, 0.25) is 11.9 Å². The van der Waals surface area contributed by atoms with Crippen LogP contribution in [0.2, 0.25) is 0 Å². The molecule has 0 radical (unpaired) electrons. The van der Waals surface area contributed by atoms with Gasteiger partial charge < -0.3 is 13.6 Å². The second-order valence-corrected chi connectivity index (χ2v) is 39.3. The third-order valence-electron chi connectivity index (χ3n) is 28.7. The molecule has 10 heterocycles. The normalized spacial score (nSPS) is 11.8. The van der Waals surface area contributed by atoms with Crippen molar-refractivity contribution in [3.05, 3.63) is 485 Å². The highest BCUT2D eigenvalue weighted by molar-refractivity contribution is 7.27. The van der Waals surface area contributed by atoms with Crippen molar-refractivity contribution in [2.45, 2.75) is 0 Å². The summed E-state index contributed by atoms with van der Waals surface area (Å²) in [4.78, 5) is 40.9. The second kappa shape index (κ2) is 34.8. The molecule has 0 unspecified atom stereocenters. The minimum absolute atomic E-state index is 0.544. The fourth-order valence-corrected chi connectivity index (χ4v) is 24.3. The fraction of sp³-hybridized carbons (Fsp3) is 0. The monoisotopic (exact) mass is 1910 g/mol. The van der Waals surface area contributed by atoms with E-state index in [0.717, 1.165) is 138 Å². The number of benzene rings is 21. The van der Waals surface area contributed by atoms with E-state index in [1.54, 1.807) is 0 Å². The van der Waals surface area contributed by atoms with Gasteiger partial charge >= 0.3 is 0 Å². The van der Waals surface area contributed by atoms with Crippen LogP contribution in [-0.4, -0.2) is 58.1 Å². The smallest absolute Gasteiger partial charge is 0.238 e. The Kier molecular flexibility index (Phi) is 20.0. The summed E-state index contributed by atoms with van der Waals surface area (Å²) in [5, 5.41) is 21.4. The molecule has 147 heavy (non-hydrogen) atoms. The maximum absolute atomic E-state index is 6.64. The first-order chi connectivity index (χ1) is 72.9. The Bertz CT molecular complexity index is 10600. The molecule has 0 N–H and O–H groups in total. The van der Waals surface area contributed by atoms with E-state index < -0.39 is 0 Å². The van der Waals surface area contributed by atoms with Gasteiger partial charge in [0.15, 0.2) is 29.1 Å². The Balaban J connectivity index is 0.000000104. The van der Waals surface area contributed by atoms with Crippen molar-refractivity contribution >= 4 is 194 Å². The van der Waals surface area contributed by atoms with Crippen LogP contribution in [0.4, 0.5) is 0 Å². The van der Waals surface area contributed by atoms with Gasteiger partial charge in [-0.1, -0.05) is 364 Å². The minimum Gasteiger partial charge on any atom is -0.455 e. The Morgan fingerprint density at radius 2 is 0.605 bits per heavy atom. The molecule has 31 rings (SSSR count). The number of nitrogens with zero attached hydrogens (tertiary/aromatic N) is 12. The Morgan fingerprint density at radius 1 is 0.197 bits per heavy atom. The molecule has 0 spiro atoms. The first-order valence-corrected chi connectivity index (χ1v) is 50.9. The summed E-state index contributed by atoms with van der Waals surface area (Å²) >= 11 is 3.69. The van der Waals surface area contributed by atoms with Crippen LogP contribution in [0.3, 0.4) is 0 Å². The van der Waals surface area contributed by atoms with Crippen LogP contribution in [-0.2, 0) is 0 Å². The average molecular weight is 1910 g/mol. The number of para-hydroxylation sites is 4. The van der Waals surface area contributed by atoms with Crippen molar-refractivity contribution in [1.29, 1.82) is 0 Å². The predicted molar refractivity (Wildman–Crippen MR) is 611 cm³/mol. The van der Waals surface area contributed by atoms with E-state index in [1.807, 2.05) is 114 Å². The summed E-state index contributed by atoms with van der Waals surface area (Å²) in [6, 6.07) is 169. The lowest BCUT2D eigenvalue weighted by atomic mass is 10.0. The molecule has 0 atom stereocenters. The van der Waals surface area contributed by atoms with Crippen molar-refractivity contribution in [3.8, 4) is 114 Å². The Labute approximate surface area is 849 Å². The van der Waals surface area contributed by atoms with Crippen molar-refractivity contribution in [2.24, 2.45) is 0 Å². The molecule has 0 saturated heterocycles. The number of hydrogen-bond acceptors (Lipinski definition) is 11. The molecule has 21 aromatic carbocycles. The van der Waals surface area contributed by atoms with Crippen molar-refractivity contribution < 1.29 is 4.42 Å². The van der Waals surface area contributed by atoms with E-state index in [4.69, 9.17) is 44.3 Å². The molecule has 0 aliphatic heterocycles. The zero-order chi connectivity index (χ0) is 96.7. The van der Waals surface area contributed by atoms with Gasteiger partial charge in [-0.25, -0.2) is 29.9 Å². The molecule has 31 aromatic rings. The van der Waals surface area contributed by atoms with Gasteiger partial charge in [-0.2, -0.15) is 9.97 Å². The van der Waals surface area contributed by atoms with Crippen LogP contribution >= 0.6 is 22.7 Å². The lowest BCUT2D eigenvalue weighted by molar-refractivity contribution is 0.673. The number of furan rings is 1. The highest BCUT2D eigenvalue weighted by Crippen LogP contribution is 2.49. The van der Waals surface area contributed by atoms with E-state index >= 15 is 0 Å². The van der Waals surface area contributed by atoms with E-state index in [2.05, 4.69) is 413 Å². The predicted octanol–water partition coefficient (Wildman–Crippen LogP) is 34.9. The topological polar surface area (TPSA) is 136 Å². The van der Waals surface area contributed by atoms with Gasteiger partial charge in [-0.15, -0.1) is 22.7 Å². The number of thiophene rings is 2. The minimum atomic E-state index is 0.544. The van der Waals surface area contributed by atoms with E-state index in [0.29, 0.717) is 41.0 Å². The van der Waals surface area contributed by atoms with E-state index in [-0.39, 0.29) is 0 Å². The third-order valence-corrected chi connectivity index (χ3v) is 31.1. The molecule has 0 aliphatic carbocycles. The van der Waals surface area contributed by atoms with Gasteiger partial charge in [-0.05, 0) is 159 Å². The largest absolute Gasteiger partial charge is 0.455 e. The molecule has 0 amide bonds. The molecule has 0 aliphatic rings. The Hall–Kier alpha value is -19.3. The molecule has 686 valence electrons. The number of aromatic nitrogens is 12. The number of fused-ring (bicyclic) bond motifs is 25. The lowest BCUT2D eigenvalue weighted by Gasteiger charge is -2.12. The summed E-state index contributed by atoms with van der Waals surface area (Å²) in [5.74, 6) is 4.36. The fourth-order valence-electron chi connectivity index (χ4n) is 21.8. The van der Waals surface area contributed by atoms with Crippen LogP contribution in [0.15, 0.2) is 490 Å². The van der Waals surface area contributed by atoms with E-state index in [9.17, 15) is 0 Å². The number of hydrogen-bond donors (Lipinski definition) is 0. The molecule has 10 aromatic heterocycles. The zero-order valence-corrected chi connectivity index (χ0v) is 80.4. The van der Waals surface area contributed by atoms with Crippen molar-refractivity contribution in [1.82, 2.24) is 58.1 Å². The third kappa shape index (κ3) is 14.4. The molecular weight excluding hydrogens is 1830 g/mol. The van der Waals surface area contributed by atoms with Gasteiger partial charge in [0.05, 0.1) is 55.2 Å². The van der Waals surface area contributed by atoms with Crippen molar-refractivity contribution in [3.63, 3.8) is 0 Å². The standard InChI is InChI=1S/C47H28N4O.C45H29N5.C40H23N3S2/c1-2-10-29(11-3-1)34-22-23-39-41(28-34)51(40-25-24-38-37-16-8-9-17-42(37)52-44(38)43(39)40)47-49-45(35-20-18-30-12-4-6-14-32(30)26-35)48-46(50-47)36-21-19-31-13-5-7-15-33(31)27-36;1-4-15-30(16-5-1)43-46-44(31-17-6-2-7-18-31)48-45(47-43)32-19-14-22-34(27-32)50-40-26-13-11-24-36(40)38-28-37-35-23-10-12-25-39(35)49(41(37)29-42(38)50)33-20-8-3-9-21-33;1-2-9-24(10-3-1)25-17-18-31-34(23-25)43(33-20-19-29-27-12-5-7-16-36(27)45-39(29)37(31)33)40-41-22-21-32(42-40)30-14-8-13-28-26-11-4-6-15-35(26)44-38(28)30/h1-28H;1-29H;1-23H. The highest BCUT2D eigenvalue weighted by atomic mass is 32.1. The molecule has 0 fully saturated rings. The second-order valence-electron chi connectivity index (χ2n) is 37.2. The summed E-state index contributed by atoms with van der Waals surface area (Å²) in [5.41, 5.74) is 24.1. The molecule has 0 saturated carbocycles. The van der Waals surface area contributed by atoms with Gasteiger partial charge in [0.25, 0.3) is 0 Å². The summed E-state index contributed by atoms with van der Waals surface area (Å²) in [6.45, 7) is 0. The molecular formula is C132H80N12OS2. The summed E-state index contributed by atoms with van der Waals surface area (Å²) in [6.07, 6.45) is 1.90. The van der Waals surface area contributed by atoms with Crippen LogP contribution in [0.25, 0.3) is 285 Å². The molecule has 15 heteroatoms.